The van der Waals surface area contributed by atoms with E-state index in [0.29, 0.717) is 32.7 Å². The Hall–Kier alpha value is -4.94. The Bertz CT molecular complexity index is 2880. The van der Waals surface area contributed by atoms with Crippen LogP contribution in [0.1, 0.15) is 0 Å². The van der Waals surface area contributed by atoms with Gasteiger partial charge in [0.2, 0.25) is 0 Å². The van der Waals surface area contributed by atoms with Gasteiger partial charge >= 0.3 is 0 Å². The first-order valence-corrected chi connectivity index (χ1v) is 16.3. The Kier molecular flexibility index (Phi) is 7.02. The molecule has 0 aliphatic rings. The molecule has 9 rings (SSSR count). The van der Waals surface area contributed by atoms with Crippen molar-refractivity contribution in [3.63, 3.8) is 0 Å². The number of fused-ring (bicyclic) bond motifs is 8. The highest BCUT2D eigenvalue weighted by Crippen LogP contribution is 2.45. The van der Waals surface area contributed by atoms with Gasteiger partial charge in [-0.15, -0.1) is 21.9 Å². The molecule has 50 heavy (non-hydrogen) atoms. The standard InChI is InChI=1S/C42H18B8/c43-35-31-29(22-15-13-19-7-1-2-9-21(19)17-22)32-34(38(46)42(50)40(48)36(32)44)30(33(31)37(45)41(49)39(35)47)27-18-23-16-14-20-8-3-4-10-24(20)28(23)26-12-6-5-11-25(26)27/h1-18H. The molecule has 0 saturated carbocycles. The van der Waals surface area contributed by atoms with Crippen molar-refractivity contribution in [1.29, 1.82) is 0 Å². The second-order valence-corrected chi connectivity index (χ2v) is 13.0. The van der Waals surface area contributed by atoms with Crippen molar-refractivity contribution >= 4 is 171 Å². The minimum Gasteiger partial charge on any atom is -0.110 e. The van der Waals surface area contributed by atoms with Gasteiger partial charge in [-0.2, -0.15) is 0 Å². The zero-order valence-corrected chi connectivity index (χ0v) is 27.0. The molecule has 0 saturated heterocycles. The average Bonchev–Trinajstić information content (AvgIpc) is 3.15. The number of benzene rings is 9. The molecule has 9 aromatic rings. The van der Waals surface area contributed by atoms with E-state index in [1.54, 1.807) is 0 Å². The molecular formula is C42H18B8. The highest BCUT2D eigenvalue weighted by atomic mass is 14.3. The molecule has 0 aliphatic heterocycles. The van der Waals surface area contributed by atoms with E-state index < -0.39 is 0 Å². The van der Waals surface area contributed by atoms with Crippen molar-refractivity contribution in [3.05, 3.63) is 109 Å². The minimum atomic E-state index is 0.186. The lowest BCUT2D eigenvalue weighted by atomic mass is 9.59. The van der Waals surface area contributed by atoms with Crippen molar-refractivity contribution in [3.8, 4) is 22.3 Å². The first-order chi connectivity index (χ1) is 24.2. The van der Waals surface area contributed by atoms with Gasteiger partial charge in [-0.1, -0.05) is 119 Å². The highest BCUT2D eigenvalue weighted by Gasteiger charge is 2.26. The first-order valence-electron chi connectivity index (χ1n) is 16.3. The van der Waals surface area contributed by atoms with E-state index in [1.807, 2.05) is 36.4 Å². The molecule has 0 fully saturated rings. The van der Waals surface area contributed by atoms with Gasteiger partial charge in [0.05, 0.1) is 0 Å². The van der Waals surface area contributed by atoms with Gasteiger partial charge < -0.3 is 0 Å². The lowest BCUT2D eigenvalue weighted by Crippen LogP contribution is -2.50. The summed E-state index contributed by atoms with van der Waals surface area (Å²) in [5.74, 6) is 0. The molecule has 0 heterocycles. The molecule has 0 bridgehead atoms. The monoisotopic (exact) mass is 610 g/mol. The third-order valence-electron chi connectivity index (χ3n) is 10.4. The molecule has 0 N–H and O–H groups in total. The van der Waals surface area contributed by atoms with Gasteiger partial charge in [0, 0.05) is 0 Å². The van der Waals surface area contributed by atoms with Crippen molar-refractivity contribution in [2.75, 3.05) is 0 Å². The van der Waals surface area contributed by atoms with Gasteiger partial charge in [0.1, 0.15) is 62.8 Å². The first kappa shape index (κ1) is 31.1. The predicted octanol–water partition coefficient (Wildman–Crippen LogP) is 2.29. The van der Waals surface area contributed by atoms with Crippen LogP contribution in [0.4, 0.5) is 0 Å². The molecule has 8 heteroatoms. The van der Waals surface area contributed by atoms with Gasteiger partial charge in [-0.05, 0) is 99.0 Å². The Balaban J connectivity index is 1.59. The van der Waals surface area contributed by atoms with Crippen LogP contribution in [0.5, 0.6) is 0 Å². The number of hydrogen-bond acceptors (Lipinski definition) is 0. The summed E-state index contributed by atoms with van der Waals surface area (Å²) in [6, 6.07) is 37.4. The molecular weight excluding hydrogens is 591 g/mol. The van der Waals surface area contributed by atoms with Crippen LogP contribution in [-0.4, -0.2) is 62.8 Å². The molecule has 16 radical (unpaired) electrons. The third kappa shape index (κ3) is 4.24. The summed E-state index contributed by atoms with van der Waals surface area (Å²) >= 11 is 0. The van der Waals surface area contributed by atoms with Gasteiger partial charge in [-0.25, -0.2) is 0 Å². The van der Waals surface area contributed by atoms with E-state index in [9.17, 15) is 0 Å². The van der Waals surface area contributed by atoms with E-state index in [1.165, 1.54) is 0 Å². The van der Waals surface area contributed by atoms with Crippen LogP contribution in [0.15, 0.2) is 109 Å². The largest absolute Gasteiger partial charge is 0.113 e. The molecule has 0 amide bonds. The number of rotatable bonds is 2. The van der Waals surface area contributed by atoms with Crippen LogP contribution in [0, 0.1) is 0 Å². The van der Waals surface area contributed by atoms with Gasteiger partial charge in [0.15, 0.2) is 0 Å². The van der Waals surface area contributed by atoms with Gasteiger partial charge in [0.25, 0.3) is 0 Å². The lowest BCUT2D eigenvalue weighted by Gasteiger charge is -2.29. The molecule has 0 spiro atoms. The molecule has 210 valence electrons. The second kappa shape index (κ2) is 11.3. The molecule has 0 nitrogen and oxygen atoms in total. The second-order valence-electron chi connectivity index (χ2n) is 13.0. The van der Waals surface area contributed by atoms with Crippen LogP contribution in [0.25, 0.3) is 86.9 Å². The fourth-order valence-electron chi connectivity index (χ4n) is 7.93. The Morgan fingerprint density at radius 1 is 0.280 bits per heavy atom. The summed E-state index contributed by atoms with van der Waals surface area (Å²) in [5.41, 5.74) is 4.93. The summed E-state index contributed by atoms with van der Waals surface area (Å²) in [6.07, 6.45) is 0. The molecule has 0 unspecified atom stereocenters. The summed E-state index contributed by atoms with van der Waals surface area (Å²) in [7, 11) is 54.7. The SMILES string of the molecule is [B]c1c([B])c([B])c2c(-c3cc4ccc5ccccc5c4c4ccccc34)c3c([B])c([B])c([B])c([B])c3c(-c3ccc4ccccc4c3)c2c1[B]. The summed E-state index contributed by atoms with van der Waals surface area (Å²) < 4.78 is 0. The third-order valence-corrected chi connectivity index (χ3v) is 10.4. The van der Waals surface area contributed by atoms with Gasteiger partial charge in [-0.3, -0.25) is 0 Å². The van der Waals surface area contributed by atoms with Crippen LogP contribution in [0.2, 0.25) is 0 Å². The Labute approximate surface area is 301 Å². The van der Waals surface area contributed by atoms with Crippen molar-refractivity contribution < 1.29 is 0 Å². The fraction of sp³-hybridized carbons (Fsp3) is 0. The Morgan fingerprint density at radius 2 is 0.720 bits per heavy atom. The maximum Gasteiger partial charge on any atom is 0.113 e. The smallest absolute Gasteiger partial charge is 0.110 e. The summed E-state index contributed by atoms with van der Waals surface area (Å²) in [6.45, 7) is 0. The summed E-state index contributed by atoms with van der Waals surface area (Å²) in [4.78, 5) is 0. The number of hydrogen-bond donors (Lipinski definition) is 0. The van der Waals surface area contributed by atoms with Crippen LogP contribution >= 0.6 is 0 Å². The van der Waals surface area contributed by atoms with E-state index in [-0.39, 0.29) is 43.7 Å². The maximum atomic E-state index is 7.05. The molecule has 9 aromatic carbocycles. The molecule has 0 aromatic heterocycles. The topological polar surface area (TPSA) is 0 Å². The lowest BCUT2D eigenvalue weighted by molar-refractivity contribution is 1.72. The minimum absolute atomic E-state index is 0.186. The fourth-order valence-corrected chi connectivity index (χ4v) is 7.93. The zero-order valence-electron chi connectivity index (χ0n) is 27.0. The van der Waals surface area contributed by atoms with E-state index in [0.717, 1.165) is 54.2 Å². The van der Waals surface area contributed by atoms with Crippen molar-refractivity contribution in [2.24, 2.45) is 0 Å². The quantitative estimate of drug-likeness (QED) is 0.161. The van der Waals surface area contributed by atoms with Crippen LogP contribution < -0.4 is 43.7 Å². The van der Waals surface area contributed by atoms with Crippen LogP contribution in [-0.2, 0) is 0 Å². The van der Waals surface area contributed by atoms with E-state index >= 15 is 0 Å². The predicted molar refractivity (Wildman–Crippen MR) is 225 cm³/mol. The normalized spacial score (nSPS) is 11.8. The maximum absolute atomic E-state index is 7.05. The summed E-state index contributed by atoms with van der Waals surface area (Å²) in [5, 5.41) is 11.0. The molecule has 0 atom stereocenters. The molecule has 0 aliphatic carbocycles. The Morgan fingerprint density at radius 3 is 1.32 bits per heavy atom. The average molecular weight is 609 g/mol. The van der Waals surface area contributed by atoms with Crippen molar-refractivity contribution in [2.45, 2.75) is 0 Å². The van der Waals surface area contributed by atoms with Crippen molar-refractivity contribution in [1.82, 2.24) is 0 Å². The highest BCUT2D eigenvalue weighted by molar-refractivity contribution is 6.71. The zero-order chi connectivity index (χ0) is 34.6. The van der Waals surface area contributed by atoms with E-state index in [4.69, 9.17) is 62.8 Å². The van der Waals surface area contributed by atoms with Crippen LogP contribution in [0.3, 0.4) is 0 Å². The van der Waals surface area contributed by atoms with E-state index in [2.05, 4.69) is 72.8 Å².